The normalized spacial score (nSPS) is 16.0. The molecule has 5 heteroatoms. The van der Waals surface area contributed by atoms with E-state index in [1.165, 1.54) is 38.8 Å². The van der Waals surface area contributed by atoms with Crippen molar-refractivity contribution in [3.05, 3.63) is 51.9 Å². The molecule has 27 heavy (non-hydrogen) atoms. The molecule has 2 aromatic rings. The minimum Gasteiger partial charge on any atom is -0.302 e. The number of hydrogen-bond acceptors (Lipinski definition) is 3. The minimum atomic E-state index is 0.106. The van der Waals surface area contributed by atoms with Crippen molar-refractivity contribution in [1.82, 2.24) is 19.2 Å². The first-order valence-electron chi connectivity index (χ1n) is 10.4. The standard InChI is InChI=1S/C22H34N4O/c1-4-24(16-17-25-14-10-5-6-11-15-25)18-21-19(2)23(3)26(22(21)27)20-12-8-7-9-13-20/h7-9,12-13H,4-6,10-11,14-18H2,1-3H3. The van der Waals surface area contributed by atoms with Crippen molar-refractivity contribution in [1.29, 1.82) is 0 Å². The van der Waals surface area contributed by atoms with Crippen molar-refractivity contribution in [2.75, 3.05) is 32.7 Å². The van der Waals surface area contributed by atoms with Crippen LogP contribution < -0.4 is 5.56 Å². The molecule has 0 atom stereocenters. The van der Waals surface area contributed by atoms with Crippen LogP contribution in [-0.4, -0.2) is 51.9 Å². The van der Waals surface area contributed by atoms with E-state index in [1.54, 1.807) is 4.68 Å². The maximum Gasteiger partial charge on any atom is 0.276 e. The van der Waals surface area contributed by atoms with Gasteiger partial charge in [-0.3, -0.25) is 14.4 Å². The molecule has 1 aliphatic rings. The van der Waals surface area contributed by atoms with E-state index in [1.807, 2.05) is 42.1 Å². The van der Waals surface area contributed by atoms with Crippen LogP contribution in [0.25, 0.3) is 5.69 Å². The number of rotatable bonds is 7. The van der Waals surface area contributed by atoms with E-state index < -0.39 is 0 Å². The Morgan fingerprint density at radius 3 is 2.33 bits per heavy atom. The maximum atomic E-state index is 13.1. The van der Waals surface area contributed by atoms with Crippen molar-refractivity contribution in [2.45, 2.75) is 46.1 Å². The zero-order chi connectivity index (χ0) is 19.2. The summed E-state index contributed by atoms with van der Waals surface area (Å²) in [7, 11) is 1.97. The minimum absolute atomic E-state index is 0.106. The lowest BCUT2D eigenvalue weighted by Gasteiger charge is -2.25. The van der Waals surface area contributed by atoms with Crippen LogP contribution in [0.5, 0.6) is 0 Å². The second-order valence-electron chi connectivity index (χ2n) is 7.66. The van der Waals surface area contributed by atoms with E-state index >= 15 is 0 Å². The van der Waals surface area contributed by atoms with E-state index in [2.05, 4.69) is 23.6 Å². The van der Waals surface area contributed by atoms with Gasteiger partial charge in [0.2, 0.25) is 0 Å². The van der Waals surface area contributed by atoms with E-state index in [9.17, 15) is 4.79 Å². The molecule has 5 nitrogen and oxygen atoms in total. The third-order valence-corrected chi connectivity index (χ3v) is 5.93. The monoisotopic (exact) mass is 370 g/mol. The molecule has 0 aliphatic carbocycles. The molecule has 0 amide bonds. The van der Waals surface area contributed by atoms with Gasteiger partial charge >= 0.3 is 0 Å². The quantitative estimate of drug-likeness (QED) is 0.751. The fraction of sp³-hybridized carbons (Fsp3) is 0.591. The molecule has 2 heterocycles. The SMILES string of the molecule is CCN(CCN1CCCCCC1)Cc1c(C)n(C)n(-c2ccccc2)c1=O. The van der Waals surface area contributed by atoms with Crippen LogP contribution in [-0.2, 0) is 13.6 Å². The third kappa shape index (κ3) is 4.71. The lowest BCUT2D eigenvalue weighted by molar-refractivity contribution is 0.207. The maximum absolute atomic E-state index is 13.1. The first kappa shape index (κ1) is 19.9. The molecule has 0 spiro atoms. The molecule has 0 radical (unpaired) electrons. The molecular formula is C22H34N4O. The number of aromatic nitrogens is 2. The van der Waals surface area contributed by atoms with Gasteiger partial charge < -0.3 is 4.90 Å². The summed E-state index contributed by atoms with van der Waals surface area (Å²) in [6.45, 7) is 10.5. The van der Waals surface area contributed by atoms with Crippen LogP contribution in [0.4, 0.5) is 0 Å². The summed E-state index contributed by atoms with van der Waals surface area (Å²) >= 11 is 0. The highest BCUT2D eigenvalue weighted by molar-refractivity contribution is 5.33. The Morgan fingerprint density at radius 2 is 1.70 bits per heavy atom. The molecule has 1 aromatic carbocycles. The second kappa shape index (κ2) is 9.38. The fourth-order valence-electron chi connectivity index (χ4n) is 4.02. The molecule has 1 aliphatic heterocycles. The number of para-hydroxylation sites is 1. The lowest BCUT2D eigenvalue weighted by atomic mass is 10.2. The molecule has 0 saturated carbocycles. The average Bonchev–Trinajstić information content (AvgIpc) is 2.88. The smallest absolute Gasteiger partial charge is 0.276 e. The van der Waals surface area contributed by atoms with Gasteiger partial charge in [0.15, 0.2) is 0 Å². The van der Waals surface area contributed by atoms with Gasteiger partial charge in [0, 0.05) is 32.4 Å². The van der Waals surface area contributed by atoms with Gasteiger partial charge in [0.25, 0.3) is 5.56 Å². The summed E-state index contributed by atoms with van der Waals surface area (Å²) in [6, 6.07) is 9.91. The van der Waals surface area contributed by atoms with Gasteiger partial charge in [-0.05, 0) is 51.5 Å². The van der Waals surface area contributed by atoms with Crippen LogP contribution in [0.1, 0.15) is 43.9 Å². The number of hydrogen-bond donors (Lipinski definition) is 0. The average molecular weight is 371 g/mol. The van der Waals surface area contributed by atoms with Crippen molar-refractivity contribution in [2.24, 2.45) is 7.05 Å². The highest BCUT2D eigenvalue weighted by Crippen LogP contribution is 2.13. The molecule has 0 N–H and O–H groups in total. The van der Waals surface area contributed by atoms with Crippen LogP contribution in [0, 0.1) is 6.92 Å². The van der Waals surface area contributed by atoms with Crippen LogP contribution in [0.15, 0.2) is 35.1 Å². The topological polar surface area (TPSA) is 33.4 Å². The number of benzene rings is 1. The summed E-state index contributed by atoms with van der Waals surface area (Å²) in [4.78, 5) is 18.1. The predicted octanol–water partition coefficient (Wildman–Crippen LogP) is 3.18. The Kier molecular flexibility index (Phi) is 6.91. The van der Waals surface area contributed by atoms with Crippen LogP contribution in [0.2, 0.25) is 0 Å². The summed E-state index contributed by atoms with van der Waals surface area (Å²) in [5.74, 6) is 0. The summed E-state index contributed by atoms with van der Waals surface area (Å²) in [5, 5.41) is 0. The Labute approximate surface area is 163 Å². The predicted molar refractivity (Wildman–Crippen MR) is 112 cm³/mol. The molecule has 1 fully saturated rings. The van der Waals surface area contributed by atoms with Gasteiger partial charge in [-0.1, -0.05) is 38.0 Å². The van der Waals surface area contributed by atoms with Crippen molar-refractivity contribution < 1.29 is 0 Å². The zero-order valence-corrected chi connectivity index (χ0v) is 17.2. The highest BCUT2D eigenvalue weighted by Gasteiger charge is 2.19. The molecular weight excluding hydrogens is 336 g/mol. The number of likely N-dealkylation sites (N-methyl/N-ethyl adjacent to an activating group) is 1. The summed E-state index contributed by atoms with van der Waals surface area (Å²) in [6.07, 6.45) is 5.39. The first-order chi connectivity index (χ1) is 13.1. The fourth-order valence-corrected chi connectivity index (χ4v) is 4.02. The van der Waals surface area contributed by atoms with E-state index in [-0.39, 0.29) is 5.56 Å². The summed E-state index contributed by atoms with van der Waals surface area (Å²) in [5.41, 5.74) is 3.00. The number of likely N-dealkylation sites (tertiary alicyclic amines) is 1. The summed E-state index contributed by atoms with van der Waals surface area (Å²) < 4.78 is 3.77. The largest absolute Gasteiger partial charge is 0.302 e. The second-order valence-corrected chi connectivity index (χ2v) is 7.66. The van der Waals surface area contributed by atoms with E-state index in [4.69, 9.17) is 0 Å². The van der Waals surface area contributed by atoms with Crippen molar-refractivity contribution in [3.63, 3.8) is 0 Å². The third-order valence-electron chi connectivity index (χ3n) is 5.93. The first-order valence-corrected chi connectivity index (χ1v) is 10.4. The zero-order valence-electron chi connectivity index (χ0n) is 17.2. The molecule has 1 aromatic heterocycles. The molecule has 3 rings (SSSR count). The Bertz CT molecular complexity index is 770. The molecule has 148 valence electrons. The number of nitrogens with zero attached hydrogens (tertiary/aromatic N) is 4. The molecule has 1 saturated heterocycles. The van der Waals surface area contributed by atoms with Crippen LogP contribution in [0.3, 0.4) is 0 Å². The van der Waals surface area contributed by atoms with Gasteiger partial charge in [-0.15, -0.1) is 0 Å². The molecule has 0 bridgehead atoms. The van der Waals surface area contributed by atoms with Gasteiger partial charge in [-0.25, -0.2) is 4.68 Å². The van der Waals surface area contributed by atoms with Crippen molar-refractivity contribution >= 4 is 0 Å². The Balaban J connectivity index is 1.72. The Hall–Kier alpha value is -1.85. The Morgan fingerprint density at radius 1 is 1.04 bits per heavy atom. The van der Waals surface area contributed by atoms with Gasteiger partial charge in [-0.2, -0.15) is 0 Å². The lowest BCUT2D eigenvalue weighted by Crippen LogP contribution is -2.36. The molecule has 0 unspecified atom stereocenters. The van der Waals surface area contributed by atoms with E-state index in [0.717, 1.165) is 43.1 Å². The van der Waals surface area contributed by atoms with Crippen LogP contribution >= 0.6 is 0 Å². The van der Waals surface area contributed by atoms with Crippen molar-refractivity contribution in [3.8, 4) is 5.69 Å². The highest BCUT2D eigenvalue weighted by atomic mass is 16.1. The van der Waals surface area contributed by atoms with E-state index in [0.29, 0.717) is 0 Å². The van der Waals surface area contributed by atoms with Gasteiger partial charge in [0.05, 0.1) is 11.3 Å². The van der Waals surface area contributed by atoms with Gasteiger partial charge in [0.1, 0.15) is 0 Å².